The molecule has 1 aromatic carbocycles. The Labute approximate surface area is 153 Å². The van der Waals surface area contributed by atoms with Gasteiger partial charge in [0, 0.05) is 5.71 Å². The number of nitrogens with one attached hydrogen (secondary N) is 1. The lowest BCUT2D eigenvalue weighted by molar-refractivity contribution is 0.0925. The first-order chi connectivity index (χ1) is 12.5. The van der Waals surface area contributed by atoms with E-state index < -0.39 is 15.7 Å². The molecule has 1 fully saturated rings. The van der Waals surface area contributed by atoms with E-state index in [9.17, 15) is 13.2 Å². The predicted octanol–water partition coefficient (Wildman–Crippen LogP) is 3.55. The van der Waals surface area contributed by atoms with Crippen LogP contribution in [0.25, 0.3) is 0 Å². The van der Waals surface area contributed by atoms with Crippen LogP contribution in [0.15, 0.2) is 56.9 Å². The van der Waals surface area contributed by atoms with Crippen molar-refractivity contribution in [2.45, 2.75) is 43.3 Å². The molecule has 1 amide bonds. The van der Waals surface area contributed by atoms with Crippen molar-refractivity contribution in [2.75, 3.05) is 0 Å². The Bertz CT molecular complexity index is 901. The van der Waals surface area contributed by atoms with Crippen LogP contribution in [-0.4, -0.2) is 20.0 Å². The van der Waals surface area contributed by atoms with Gasteiger partial charge < -0.3 is 4.42 Å². The third kappa shape index (κ3) is 4.40. The maximum atomic E-state index is 12.4. The monoisotopic (exact) mass is 374 g/mol. The predicted molar refractivity (Wildman–Crippen MR) is 98.6 cm³/mol. The molecule has 1 atom stereocenters. The van der Waals surface area contributed by atoms with Crippen LogP contribution in [-0.2, 0) is 15.6 Å². The number of carbonyl (C=O) groups excluding carboxylic acids is 1. The zero-order valence-electron chi connectivity index (χ0n) is 14.6. The second kappa shape index (κ2) is 7.86. The van der Waals surface area contributed by atoms with Crippen LogP contribution in [0.1, 0.15) is 48.9 Å². The molecular formula is C19H22N2O4S. The van der Waals surface area contributed by atoms with Crippen LogP contribution in [0.5, 0.6) is 0 Å². The molecule has 0 saturated heterocycles. The molecule has 0 bridgehead atoms. The average Bonchev–Trinajstić information content (AvgIpc) is 3.09. The Kier molecular flexibility index (Phi) is 5.56. The Morgan fingerprint density at radius 3 is 2.69 bits per heavy atom. The first kappa shape index (κ1) is 18.4. The first-order valence-electron chi connectivity index (χ1n) is 8.69. The number of nitrogens with zero attached hydrogens (tertiary/aromatic N) is 1. The number of hydrogen-bond donors (Lipinski definition) is 1. The van der Waals surface area contributed by atoms with Crippen molar-refractivity contribution in [3.05, 3.63) is 54.0 Å². The summed E-state index contributed by atoms with van der Waals surface area (Å²) in [6.07, 6.45) is 4.24. The summed E-state index contributed by atoms with van der Waals surface area (Å²) in [5, 5.41) is 4.21. The Balaban J connectivity index is 1.66. The van der Waals surface area contributed by atoms with Crippen LogP contribution in [0, 0.1) is 5.92 Å². The van der Waals surface area contributed by atoms with E-state index in [0.717, 1.165) is 25.0 Å². The van der Waals surface area contributed by atoms with E-state index in [1.54, 1.807) is 18.2 Å². The molecule has 3 rings (SSSR count). The number of rotatable bonds is 5. The summed E-state index contributed by atoms with van der Waals surface area (Å²) < 4.78 is 30.1. The Morgan fingerprint density at radius 1 is 1.19 bits per heavy atom. The third-order valence-electron chi connectivity index (χ3n) is 4.51. The molecule has 1 N–H and O–H groups in total. The molecular weight excluding hydrogens is 352 g/mol. The number of sulfone groups is 1. The van der Waals surface area contributed by atoms with E-state index in [1.807, 2.05) is 0 Å². The molecule has 138 valence electrons. The lowest BCUT2D eigenvalue weighted by Crippen LogP contribution is -2.24. The highest BCUT2D eigenvalue weighted by molar-refractivity contribution is 7.90. The molecule has 1 aliphatic carbocycles. The van der Waals surface area contributed by atoms with E-state index >= 15 is 0 Å². The van der Waals surface area contributed by atoms with Gasteiger partial charge in [-0.15, -0.1) is 0 Å². The average molecular weight is 374 g/mol. The lowest BCUT2D eigenvalue weighted by Gasteiger charge is -2.19. The lowest BCUT2D eigenvalue weighted by atomic mass is 9.89. The highest BCUT2D eigenvalue weighted by Gasteiger charge is 2.20. The van der Waals surface area contributed by atoms with Gasteiger partial charge in [-0.1, -0.05) is 31.5 Å². The van der Waals surface area contributed by atoms with Gasteiger partial charge in [-0.2, -0.15) is 5.10 Å². The molecule has 0 aliphatic heterocycles. The van der Waals surface area contributed by atoms with Crippen LogP contribution in [0.3, 0.4) is 0 Å². The quantitative estimate of drug-likeness (QED) is 0.811. The van der Waals surface area contributed by atoms with E-state index in [-0.39, 0.29) is 22.2 Å². The van der Waals surface area contributed by atoms with Gasteiger partial charge in [0.1, 0.15) is 11.5 Å². The molecule has 0 spiro atoms. The summed E-state index contributed by atoms with van der Waals surface area (Å²) in [5.74, 6) is -0.129. The van der Waals surface area contributed by atoms with Gasteiger partial charge in [-0.25, -0.2) is 13.8 Å². The largest absolute Gasteiger partial charge is 0.455 e. The van der Waals surface area contributed by atoms with Crippen molar-refractivity contribution < 1.29 is 17.6 Å². The summed E-state index contributed by atoms with van der Waals surface area (Å²) in [7, 11) is -3.52. The zero-order valence-corrected chi connectivity index (χ0v) is 15.5. The topological polar surface area (TPSA) is 88.7 Å². The zero-order chi connectivity index (χ0) is 18.6. The molecule has 0 unspecified atom stereocenters. The number of furan rings is 1. The molecule has 1 saturated carbocycles. The minimum Gasteiger partial charge on any atom is -0.455 e. The van der Waals surface area contributed by atoms with Crippen LogP contribution in [0.4, 0.5) is 0 Å². The molecule has 1 aromatic heterocycles. The molecule has 0 radical (unpaired) electrons. The minimum absolute atomic E-state index is 0.0519. The van der Waals surface area contributed by atoms with Crippen molar-refractivity contribution in [3.8, 4) is 0 Å². The van der Waals surface area contributed by atoms with Gasteiger partial charge in [0.05, 0.1) is 4.90 Å². The SMILES string of the molecule is C[C@@H]1CCCCC1=NNC(=O)c1ccc(CS(=O)(=O)c2ccccc2)o1. The number of carbonyl (C=O) groups is 1. The van der Waals surface area contributed by atoms with Gasteiger partial charge in [-0.05, 0) is 49.4 Å². The highest BCUT2D eigenvalue weighted by Crippen LogP contribution is 2.21. The van der Waals surface area contributed by atoms with Crippen molar-refractivity contribution >= 4 is 21.5 Å². The van der Waals surface area contributed by atoms with Gasteiger partial charge in [0.25, 0.3) is 0 Å². The fourth-order valence-electron chi connectivity index (χ4n) is 2.99. The minimum atomic E-state index is -3.52. The summed E-state index contributed by atoms with van der Waals surface area (Å²) in [5.41, 5.74) is 3.50. The number of hydrogen-bond acceptors (Lipinski definition) is 5. The van der Waals surface area contributed by atoms with Crippen molar-refractivity contribution in [3.63, 3.8) is 0 Å². The summed E-state index contributed by atoms with van der Waals surface area (Å²) in [6, 6.07) is 11.1. The van der Waals surface area contributed by atoms with E-state index in [1.165, 1.54) is 30.7 Å². The van der Waals surface area contributed by atoms with E-state index in [0.29, 0.717) is 5.92 Å². The number of amides is 1. The molecule has 2 aromatic rings. The third-order valence-corrected chi connectivity index (χ3v) is 6.16. The smallest absolute Gasteiger partial charge is 0.307 e. The second-order valence-electron chi connectivity index (χ2n) is 6.53. The van der Waals surface area contributed by atoms with Gasteiger partial charge in [-0.3, -0.25) is 4.79 Å². The summed E-state index contributed by atoms with van der Waals surface area (Å²) in [4.78, 5) is 12.4. The first-order valence-corrected chi connectivity index (χ1v) is 10.3. The Hall–Kier alpha value is -2.41. The van der Waals surface area contributed by atoms with Crippen LogP contribution >= 0.6 is 0 Å². The Morgan fingerprint density at radius 2 is 1.96 bits per heavy atom. The van der Waals surface area contributed by atoms with Gasteiger partial charge in [0.2, 0.25) is 0 Å². The molecule has 1 heterocycles. The van der Waals surface area contributed by atoms with Gasteiger partial charge >= 0.3 is 5.91 Å². The molecule has 26 heavy (non-hydrogen) atoms. The van der Waals surface area contributed by atoms with Crippen LogP contribution in [0.2, 0.25) is 0 Å². The standard InChI is InChI=1S/C19H22N2O4S/c1-14-7-5-6-10-17(14)20-21-19(22)18-12-11-15(25-18)13-26(23,24)16-8-3-2-4-9-16/h2-4,8-9,11-12,14H,5-7,10,13H2,1H3,(H,21,22)/t14-/m1/s1. The van der Waals surface area contributed by atoms with Crippen LogP contribution < -0.4 is 5.43 Å². The van der Waals surface area contributed by atoms with E-state index in [4.69, 9.17) is 4.42 Å². The molecule has 6 nitrogen and oxygen atoms in total. The fraction of sp³-hybridized carbons (Fsp3) is 0.368. The second-order valence-corrected chi connectivity index (χ2v) is 8.52. The van der Waals surface area contributed by atoms with Crippen molar-refractivity contribution in [1.29, 1.82) is 0 Å². The van der Waals surface area contributed by atoms with Gasteiger partial charge in [0.15, 0.2) is 15.6 Å². The normalized spacial score (nSPS) is 19.4. The summed E-state index contributed by atoms with van der Waals surface area (Å²) >= 11 is 0. The molecule has 7 heteroatoms. The molecule has 1 aliphatic rings. The van der Waals surface area contributed by atoms with E-state index in [2.05, 4.69) is 17.5 Å². The maximum absolute atomic E-state index is 12.4. The number of benzene rings is 1. The van der Waals surface area contributed by atoms with Crippen molar-refractivity contribution in [1.82, 2.24) is 5.43 Å². The van der Waals surface area contributed by atoms with Crippen molar-refractivity contribution in [2.24, 2.45) is 11.0 Å². The maximum Gasteiger partial charge on any atom is 0.307 e. The highest BCUT2D eigenvalue weighted by atomic mass is 32.2. The fourth-order valence-corrected chi connectivity index (χ4v) is 4.26. The number of hydrazone groups is 1. The summed E-state index contributed by atoms with van der Waals surface area (Å²) in [6.45, 7) is 2.10.